The third-order valence-electron chi connectivity index (χ3n) is 3.10. The Morgan fingerprint density at radius 1 is 1.16 bits per heavy atom. The molecule has 0 unspecified atom stereocenters. The van der Waals surface area contributed by atoms with Crippen LogP contribution in [-0.4, -0.2) is 38.7 Å². The standard InChI is InChI=1S/C11H15NO5S2/c13-11-4-2-1-3-10(11)12-19(16,17)9-5-7-18(14,15)8-6-9/h1-4,9,12-13H,5-8H2. The molecule has 1 aliphatic heterocycles. The van der Waals surface area contributed by atoms with E-state index in [4.69, 9.17) is 0 Å². The van der Waals surface area contributed by atoms with Crippen molar-refractivity contribution in [2.45, 2.75) is 18.1 Å². The Morgan fingerprint density at radius 3 is 2.32 bits per heavy atom. The third-order valence-corrected chi connectivity index (χ3v) is 6.67. The van der Waals surface area contributed by atoms with Gasteiger partial charge in [-0.15, -0.1) is 0 Å². The molecule has 1 aromatic carbocycles. The first-order valence-corrected chi connectivity index (χ1v) is 9.17. The Labute approximate surface area is 112 Å². The van der Waals surface area contributed by atoms with Gasteiger partial charge in [-0.05, 0) is 25.0 Å². The molecule has 19 heavy (non-hydrogen) atoms. The molecule has 6 nitrogen and oxygen atoms in total. The van der Waals surface area contributed by atoms with Gasteiger partial charge in [-0.2, -0.15) is 0 Å². The Morgan fingerprint density at radius 2 is 1.74 bits per heavy atom. The van der Waals surface area contributed by atoms with Crippen molar-refractivity contribution in [3.05, 3.63) is 24.3 Å². The van der Waals surface area contributed by atoms with Crippen LogP contribution in [0.5, 0.6) is 5.75 Å². The van der Waals surface area contributed by atoms with E-state index in [1.165, 1.54) is 12.1 Å². The quantitative estimate of drug-likeness (QED) is 0.801. The van der Waals surface area contributed by atoms with Crippen molar-refractivity contribution in [3.63, 3.8) is 0 Å². The number of benzene rings is 1. The van der Waals surface area contributed by atoms with Crippen molar-refractivity contribution in [1.29, 1.82) is 0 Å². The zero-order chi connectivity index (χ0) is 14.1. The lowest BCUT2D eigenvalue weighted by Gasteiger charge is -2.22. The number of hydrogen-bond donors (Lipinski definition) is 2. The van der Waals surface area contributed by atoms with Crippen LogP contribution in [0, 0.1) is 0 Å². The summed E-state index contributed by atoms with van der Waals surface area (Å²) in [6.07, 6.45) is 0.177. The summed E-state index contributed by atoms with van der Waals surface area (Å²) in [4.78, 5) is 0. The summed E-state index contributed by atoms with van der Waals surface area (Å²) in [7, 11) is -6.78. The topological polar surface area (TPSA) is 101 Å². The van der Waals surface area contributed by atoms with Crippen LogP contribution >= 0.6 is 0 Å². The molecule has 0 saturated carbocycles. The average molecular weight is 305 g/mol. The average Bonchev–Trinajstić information content (AvgIpc) is 2.31. The summed E-state index contributed by atoms with van der Waals surface area (Å²) in [6.45, 7) is 0. The van der Waals surface area contributed by atoms with Gasteiger partial charge in [0.2, 0.25) is 10.0 Å². The van der Waals surface area contributed by atoms with Gasteiger partial charge in [-0.1, -0.05) is 12.1 Å². The van der Waals surface area contributed by atoms with E-state index in [2.05, 4.69) is 4.72 Å². The summed E-state index contributed by atoms with van der Waals surface area (Å²) in [5.74, 6) is -0.381. The minimum atomic E-state index is -3.68. The molecule has 2 N–H and O–H groups in total. The minimum Gasteiger partial charge on any atom is -0.506 e. The highest BCUT2D eigenvalue weighted by molar-refractivity contribution is 7.94. The molecule has 1 heterocycles. The fourth-order valence-electron chi connectivity index (χ4n) is 1.98. The molecule has 0 aliphatic carbocycles. The highest BCUT2D eigenvalue weighted by Gasteiger charge is 2.33. The summed E-state index contributed by atoms with van der Waals surface area (Å²) in [5.41, 5.74) is 0.107. The summed E-state index contributed by atoms with van der Waals surface area (Å²) in [5, 5.41) is 8.79. The molecule has 0 atom stereocenters. The number of hydrogen-bond acceptors (Lipinski definition) is 5. The van der Waals surface area contributed by atoms with Crippen molar-refractivity contribution < 1.29 is 21.9 Å². The molecule has 0 radical (unpaired) electrons. The zero-order valence-electron chi connectivity index (χ0n) is 10.1. The SMILES string of the molecule is O=S1(=O)CCC(S(=O)(=O)Nc2ccccc2O)CC1. The molecule has 1 aromatic rings. The lowest BCUT2D eigenvalue weighted by atomic mass is 10.2. The maximum absolute atomic E-state index is 12.1. The van der Waals surface area contributed by atoms with E-state index in [0.717, 1.165) is 0 Å². The molecular weight excluding hydrogens is 290 g/mol. The van der Waals surface area contributed by atoms with Gasteiger partial charge in [0.15, 0.2) is 0 Å². The predicted octanol–water partition coefficient (Wildman–Crippen LogP) is 0.711. The lowest BCUT2D eigenvalue weighted by Crippen LogP contribution is -2.36. The fourth-order valence-corrected chi connectivity index (χ4v) is 5.27. The van der Waals surface area contributed by atoms with E-state index < -0.39 is 25.1 Å². The van der Waals surface area contributed by atoms with E-state index >= 15 is 0 Å². The molecule has 0 bridgehead atoms. The lowest BCUT2D eigenvalue weighted by molar-refractivity contribution is 0.477. The summed E-state index contributed by atoms with van der Waals surface area (Å²) >= 11 is 0. The second-order valence-electron chi connectivity index (χ2n) is 4.52. The van der Waals surface area contributed by atoms with E-state index in [-0.39, 0.29) is 35.8 Å². The largest absolute Gasteiger partial charge is 0.506 e. The Hall–Kier alpha value is -1.28. The van der Waals surface area contributed by atoms with Crippen LogP contribution in [0.15, 0.2) is 24.3 Å². The van der Waals surface area contributed by atoms with Crippen molar-refractivity contribution >= 4 is 25.5 Å². The number of aromatic hydroxyl groups is 1. The van der Waals surface area contributed by atoms with Crippen LogP contribution in [0.25, 0.3) is 0 Å². The molecule has 0 spiro atoms. The van der Waals surface area contributed by atoms with Crippen molar-refractivity contribution in [1.82, 2.24) is 0 Å². The van der Waals surface area contributed by atoms with Gasteiger partial charge in [0.25, 0.3) is 0 Å². The number of phenols is 1. The molecule has 106 valence electrons. The van der Waals surface area contributed by atoms with Gasteiger partial charge in [-0.3, -0.25) is 4.72 Å². The number of para-hydroxylation sites is 2. The van der Waals surface area contributed by atoms with Crippen molar-refractivity contribution in [3.8, 4) is 5.75 Å². The van der Waals surface area contributed by atoms with Crippen LogP contribution < -0.4 is 4.72 Å². The van der Waals surface area contributed by atoms with E-state index in [1.807, 2.05) is 0 Å². The number of anilines is 1. The number of rotatable bonds is 3. The molecule has 1 fully saturated rings. The van der Waals surface area contributed by atoms with E-state index in [0.29, 0.717) is 0 Å². The van der Waals surface area contributed by atoms with Crippen molar-refractivity contribution in [2.75, 3.05) is 16.2 Å². The number of sulfone groups is 1. The summed E-state index contributed by atoms with van der Waals surface area (Å²) in [6, 6.07) is 6.01. The van der Waals surface area contributed by atoms with Crippen LogP contribution in [-0.2, 0) is 19.9 Å². The van der Waals surface area contributed by atoms with Crippen LogP contribution in [0.4, 0.5) is 5.69 Å². The second kappa shape index (κ2) is 5.01. The predicted molar refractivity (Wildman–Crippen MR) is 72.3 cm³/mol. The maximum Gasteiger partial charge on any atom is 0.235 e. The Balaban J connectivity index is 2.14. The molecule has 0 aromatic heterocycles. The van der Waals surface area contributed by atoms with Crippen LogP contribution in [0.1, 0.15) is 12.8 Å². The van der Waals surface area contributed by atoms with Gasteiger partial charge >= 0.3 is 0 Å². The molecule has 1 aliphatic rings. The second-order valence-corrected chi connectivity index (χ2v) is 8.78. The van der Waals surface area contributed by atoms with Crippen LogP contribution in [0.2, 0.25) is 0 Å². The smallest absolute Gasteiger partial charge is 0.235 e. The molecular formula is C11H15NO5S2. The molecule has 2 rings (SSSR count). The first-order chi connectivity index (χ1) is 8.80. The monoisotopic (exact) mass is 305 g/mol. The summed E-state index contributed by atoms with van der Waals surface area (Å²) < 4.78 is 49.1. The van der Waals surface area contributed by atoms with Crippen LogP contribution in [0.3, 0.4) is 0 Å². The Kier molecular flexibility index (Phi) is 3.73. The van der Waals surface area contributed by atoms with Gasteiger partial charge < -0.3 is 5.11 Å². The number of sulfonamides is 1. The number of phenolic OH excluding ortho intramolecular Hbond substituents is 1. The van der Waals surface area contributed by atoms with Crippen molar-refractivity contribution in [2.24, 2.45) is 0 Å². The third kappa shape index (κ3) is 3.38. The molecule has 0 amide bonds. The maximum atomic E-state index is 12.1. The first kappa shape index (κ1) is 14.1. The minimum absolute atomic E-state index is 0.0886. The highest BCUT2D eigenvalue weighted by Crippen LogP contribution is 2.26. The molecule has 8 heteroatoms. The Bertz CT molecular complexity index is 652. The fraction of sp³-hybridized carbons (Fsp3) is 0.455. The van der Waals surface area contributed by atoms with Gasteiger partial charge in [-0.25, -0.2) is 16.8 Å². The van der Waals surface area contributed by atoms with Gasteiger partial charge in [0, 0.05) is 0 Å². The zero-order valence-corrected chi connectivity index (χ0v) is 11.7. The molecule has 1 saturated heterocycles. The first-order valence-electron chi connectivity index (χ1n) is 5.80. The van der Waals surface area contributed by atoms with E-state index in [9.17, 15) is 21.9 Å². The van der Waals surface area contributed by atoms with E-state index in [1.54, 1.807) is 12.1 Å². The van der Waals surface area contributed by atoms with Gasteiger partial charge in [0.1, 0.15) is 15.6 Å². The number of nitrogens with one attached hydrogen (secondary N) is 1. The normalized spacial score (nSPS) is 20.0. The van der Waals surface area contributed by atoms with Gasteiger partial charge in [0.05, 0.1) is 22.4 Å². The highest BCUT2D eigenvalue weighted by atomic mass is 32.2.